The van der Waals surface area contributed by atoms with Gasteiger partial charge in [-0.1, -0.05) is 25.0 Å². The Morgan fingerprint density at radius 1 is 1.14 bits per heavy atom. The highest BCUT2D eigenvalue weighted by molar-refractivity contribution is 5.94. The van der Waals surface area contributed by atoms with Crippen LogP contribution in [0.2, 0.25) is 0 Å². The average Bonchev–Trinajstić information content (AvgIpc) is 2.91. The molecule has 0 spiro atoms. The molecule has 3 N–H and O–H groups in total. The first-order valence-corrected chi connectivity index (χ1v) is 7.29. The summed E-state index contributed by atoms with van der Waals surface area (Å²) in [5, 5.41) is 21.0. The summed E-state index contributed by atoms with van der Waals surface area (Å²) in [6, 6.07) is 7.22. The molecular formula is C16H21NO4. The van der Waals surface area contributed by atoms with Crippen LogP contribution in [0.5, 0.6) is 0 Å². The lowest BCUT2D eigenvalue weighted by Gasteiger charge is -2.22. The van der Waals surface area contributed by atoms with Crippen molar-refractivity contribution in [3.05, 3.63) is 29.8 Å². The van der Waals surface area contributed by atoms with Crippen molar-refractivity contribution in [2.45, 2.75) is 38.5 Å². The maximum absolute atomic E-state index is 12.1. The van der Waals surface area contributed by atoms with E-state index >= 15 is 0 Å². The Bertz CT molecular complexity index is 504. The van der Waals surface area contributed by atoms with Gasteiger partial charge < -0.3 is 15.5 Å². The van der Waals surface area contributed by atoms with E-state index < -0.39 is 11.4 Å². The molecule has 0 radical (unpaired) electrons. The third-order valence-corrected chi connectivity index (χ3v) is 4.15. The topological polar surface area (TPSA) is 86.6 Å². The van der Waals surface area contributed by atoms with E-state index in [1.54, 1.807) is 12.1 Å². The number of aliphatic hydroxyl groups is 1. The van der Waals surface area contributed by atoms with E-state index in [2.05, 4.69) is 5.32 Å². The van der Waals surface area contributed by atoms with Gasteiger partial charge in [-0.25, -0.2) is 0 Å². The molecule has 0 aliphatic heterocycles. The zero-order valence-electron chi connectivity index (χ0n) is 12.0. The van der Waals surface area contributed by atoms with Crippen LogP contribution in [0.3, 0.4) is 0 Å². The Balaban J connectivity index is 1.96. The molecule has 0 bridgehead atoms. The molecule has 1 aromatic carbocycles. The van der Waals surface area contributed by atoms with Crippen molar-refractivity contribution in [3.63, 3.8) is 0 Å². The van der Waals surface area contributed by atoms with E-state index in [4.69, 9.17) is 5.11 Å². The molecule has 0 atom stereocenters. The van der Waals surface area contributed by atoms with Crippen LogP contribution < -0.4 is 5.32 Å². The number of carbonyl (C=O) groups is 2. The molecule has 21 heavy (non-hydrogen) atoms. The second-order valence-electron chi connectivity index (χ2n) is 5.69. The van der Waals surface area contributed by atoms with Crippen LogP contribution in [0.4, 0.5) is 5.69 Å². The summed E-state index contributed by atoms with van der Waals surface area (Å²) < 4.78 is 0. The van der Waals surface area contributed by atoms with Gasteiger partial charge in [0, 0.05) is 18.7 Å². The van der Waals surface area contributed by atoms with Gasteiger partial charge in [0.25, 0.3) is 0 Å². The summed E-state index contributed by atoms with van der Waals surface area (Å²) in [6.45, 7) is 0.0901. The highest BCUT2D eigenvalue weighted by Gasteiger charge is 2.42. The molecule has 0 saturated heterocycles. The van der Waals surface area contributed by atoms with Crippen LogP contribution >= 0.6 is 0 Å². The van der Waals surface area contributed by atoms with E-state index in [0.29, 0.717) is 24.9 Å². The maximum atomic E-state index is 12.1. The number of carbonyl (C=O) groups excluding carboxylic acids is 1. The first-order chi connectivity index (χ1) is 10.1. The number of benzene rings is 1. The van der Waals surface area contributed by atoms with Gasteiger partial charge in [-0.05, 0) is 37.0 Å². The summed E-state index contributed by atoms with van der Waals surface area (Å²) >= 11 is 0. The Morgan fingerprint density at radius 2 is 1.76 bits per heavy atom. The van der Waals surface area contributed by atoms with Crippen molar-refractivity contribution < 1.29 is 19.8 Å². The minimum Gasteiger partial charge on any atom is -0.481 e. The monoisotopic (exact) mass is 291 g/mol. The average molecular weight is 291 g/mol. The first kappa shape index (κ1) is 15.5. The van der Waals surface area contributed by atoms with E-state index in [-0.39, 0.29) is 18.9 Å². The number of rotatable bonds is 6. The van der Waals surface area contributed by atoms with Crippen LogP contribution in [0, 0.1) is 5.41 Å². The third-order valence-electron chi connectivity index (χ3n) is 4.15. The second-order valence-corrected chi connectivity index (χ2v) is 5.69. The van der Waals surface area contributed by atoms with Crippen molar-refractivity contribution in [3.8, 4) is 0 Å². The largest absolute Gasteiger partial charge is 0.481 e. The summed E-state index contributed by atoms with van der Waals surface area (Å²) in [4.78, 5) is 23.5. The molecular weight excluding hydrogens is 270 g/mol. The van der Waals surface area contributed by atoms with E-state index in [1.165, 1.54) is 0 Å². The Morgan fingerprint density at radius 3 is 2.29 bits per heavy atom. The summed E-state index contributed by atoms with van der Waals surface area (Å²) in [5.74, 6) is -1.12. The minimum atomic E-state index is -0.888. The van der Waals surface area contributed by atoms with Gasteiger partial charge in [0.2, 0.25) is 5.91 Å². The van der Waals surface area contributed by atoms with Crippen molar-refractivity contribution in [1.29, 1.82) is 0 Å². The number of nitrogens with one attached hydrogen (secondary N) is 1. The van der Waals surface area contributed by atoms with Gasteiger partial charge in [-0.3, -0.25) is 9.59 Å². The minimum absolute atomic E-state index is 0.0285. The maximum Gasteiger partial charge on any atom is 0.310 e. The van der Waals surface area contributed by atoms with Crippen LogP contribution in [-0.4, -0.2) is 28.7 Å². The van der Waals surface area contributed by atoms with Crippen LogP contribution in [-0.2, 0) is 16.0 Å². The van der Waals surface area contributed by atoms with Gasteiger partial charge in [-0.2, -0.15) is 0 Å². The molecule has 0 heterocycles. The van der Waals surface area contributed by atoms with Gasteiger partial charge >= 0.3 is 5.97 Å². The molecule has 1 saturated carbocycles. The van der Waals surface area contributed by atoms with Crippen molar-refractivity contribution >= 4 is 17.6 Å². The van der Waals surface area contributed by atoms with Gasteiger partial charge in [0.05, 0.1) is 5.41 Å². The van der Waals surface area contributed by atoms with Crippen LogP contribution in [0.1, 0.15) is 37.7 Å². The molecule has 1 amide bonds. The quantitative estimate of drug-likeness (QED) is 0.750. The standard InChI is InChI=1S/C16H21NO4/c18-10-7-12-3-5-13(6-4-12)17-14(19)11-16(15(20)21)8-1-2-9-16/h3-6,18H,1-2,7-11H2,(H,17,19)(H,20,21). The number of carboxylic acid groups (broad SMARTS) is 1. The summed E-state index contributed by atoms with van der Waals surface area (Å²) in [7, 11) is 0. The molecule has 1 aromatic rings. The highest BCUT2D eigenvalue weighted by Crippen LogP contribution is 2.41. The number of amides is 1. The number of aliphatic carboxylic acids is 1. The fourth-order valence-electron chi connectivity index (χ4n) is 2.91. The Kier molecular flexibility index (Phi) is 4.96. The second kappa shape index (κ2) is 6.72. The molecule has 0 aromatic heterocycles. The van der Waals surface area contributed by atoms with E-state index in [9.17, 15) is 14.7 Å². The predicted octanol–water partition coefficient (Wildman–Crippen LogP) is 2.20. The van der Waals surface area contributed by atoms with Crippen LogP contribution in [0.15, 0.2) is 24.3 Å². The Hall–Kier alpha value is -1.88. The summed E-state index contributed by atoms with van der Waals surface area (Å²) in [6.07, 6.45) is 3.50. The van der Waals surface area contributed by atoms with Gasteiger partial charge in [0.15, 0.2) is 0 Å². The lowest BCUT2D eigenvalue weighted by Crippen LogP contribution is -2.32. The van der Waals surface area contributed by atoms with E-state index in [1.807, 2.05) is 12.1 Å². The number of carboxylic acids is 1. The molecule has 1 fully saturated rings. The van der Waals surface area contributed by atoms with E-state index in [0.717, 1.165) is 18.4 Å². The lowest BCUT2D eigenvalue weighted by atomic mass is 9.82. The zero-order chi connectivity index (χ0) is 15.3. The first-order valence-electron chi connectivity index (χ1n) is 7.29. The zero-order valence-corrected chi connectivity index (χ0v) is 12.0. The predicted molar refractivity (Wildman–Crippen MR) is 79.0 cm³/mol. The number of hydrogen-bond donors (Lipinski definition) is 3. The summed E-state index contributed by atoms with van der Waals surface area (Å²) in [5.41, 5.74) is 0.759. The van der Waals surface area contributed by atoms with Gasteiger partial charge in [0.1, 0.15) is 0 Å². The lowest BCUT2D eigenvalue weighted by molar-refractivity contribution is -0.150. The molecule has 5 heteroatoms. The number of anilines is 1. The Labute approximate surface area is 124 Å². The molecule has 5 nitrogen and oxygen atoms in total. The molecule has 2 rings (SSSR count). The van der Waals surface area contributed by atoms with Crippen molar-refractivity contribution in [2.75, 3.05) is 11.9 Å². The molecule has 1 aliphatic carbocycles. The fourth-order valence-corrected chi connectivity index (χ4v) is 2.91. The number of aliphatic hydroxyl groups excluding tert-OH is 1. The normalized spacial score (nSPS) is 16.6. The molecule has 0 unspecified atom stereocenters. The van der Waals surface area contributed by atoms with Crippen LogP contribution in [0.25, 0.3) is 0 Å². The molecule has 1 aliphatic rings. The van der Waals surface area contributed by atoms with Crippen molar-refractivity contribution in [1.82, 2.24) is 0 Å². The van der Waals surface area contributed by atoms with Crippen molar-refractivity contribution in [2.24, 2.45) is 5.41 Å². The highest BCUT2D eigenvalue weighted by atomic mass is 16.4. The molecule has 114 valence electrons. The number of hydrogen-bond acceptors (Lipinski definition) is 3. The smallest absolute Gasteiger partial charge is 0.310 e. The van der Waals surface area contributed by atoms with Gasteiger partial charge in [-0.15, -0.1) is 0 Å². The fraction of sp³-hybridized carbons (Fsp3) is 0.500. The third kappa shape index (κ3) is 3.82. The SMILES string of the molecule is O=C(CC1(C(=O)O)CCCC1)Nc1ccc(CCO)cc1.